The number of rotatable bonds is 5. The van der Waals surface area contributed by atoms with Crippen molar-refractivity contribution in [1.29, 1.82) is 0 Å². The van der Waals surface area contributed by atoms with Crippen molar-refractivity contribution in [2.75, 3.05) is 19.7 Å². The van der Waals surface area contributed by atoms with E-state index in [1.807, 2.05) is 6.92 Å². The molecule has 0 aromatic heterocycles. The summed E-state index contributed by atoms with van der Waals surface area (Å²) in [6.45, 7) is 6.54. The maximum atomic E-state index is 12.4. The third kappa shape index (κ3) is 2.37. The number of fused-ring (bicyclic) bond motifs is 2. The van der Waals surface area contributed by atoms with E-state index in [9.17, 15) is 4.79 Å². The van der Waals surface area contributed by atoms with Crippen LogP contribution >= 0.6 is 0 Å². The summed E-state index contributed by atoms with van der Waals surface area (Å²) in [5.74, 6) is 0.894. The van der Waals surface area contributed by atoms with Gasteiger partial charge in [-0.25, -0.2) is 0 Å². The first-order valence-corrected chi connectivity index (χ1v) is 8.36. The van der Waals surface area contributed by atoms with E-state index in [1.165, 1.54) is 25.8 Å². The largest absolute Gasteiger partial charge is 0.465 e. The Morgan fingerprint density at radius 2 is 2.15 bits per heavy atom. The summed E-state index contributed by atoms with van der Waals surface area (Å²) in [6, 6.07) is 1.37. The number of hydrogen-bond donors (Lipinski definition) is 1. The quantitative estimate of drug-likeness (QED) is 0.781. The van der Waals surface area contributed by atoms with E-state index in [-0.39, 0.29) is 5.97 Å². The molecule has 0 spiro atoms. The molecule has 0 aromatic carbocycles. The summed E-state index contributed by atoms with van der Waals surface area (Å²) < 4.78 is 5.33. The summed E-state index contributed by atoms with van der Waals surface area (Å²) in [5.41, 5.74) is -0.419. The lowest BCUT2D eigenvalue weighted by Gasteiger charge is -2.34. The number of piperidine rings is 1. The van der Waals surface area contributed by atoms with Gasteiger partial charge in [-0.1, -0.05) is 6.92 Å². The molecule has 0 radical (unpaired) electrons. The average Bonchev–Trinajstić information content (AvgIpc) is 3.14. The van der Waals surface area contributed by atoms with Crippen molar-refractivity contribution in [2.24, 2.45) is 5.92 Å². The molecule has 0 aromatic rings. The number of carbonyl (C=O) groups is 1. The van der Waals surface area contributed by atoms with Gasteiger partial charge in [0.25, 0.3) is 0 Å². The number of ether oxygens (including phenoxy) is 1. The SMILES string of the molecule is CCNC1(C(=O)OCC)CCC(N2CC3CCC2C3)C1. The van der Waals surface area contributed by atoms with E-state index >= 15 is 0 Å². The number of likely N-dealkylation sites (N-methyl/N-ethyl adjacent to an activating group) is 1. The molecule has 2 saturated carbocycles. The van der Waals surface area contributed by atoms with Crippen LogP contribution < -0.4 is 5.32 Å². The van der Waals surface area contributed by atoms with Gasteiger partial charge in [0.1, 0.15) is 5.54 Å². The van der Waals surface area contributed by atoms with Gasteiger partial charge in [-0.05, 0) is 57.9 Å². The lowest BCUT2D eigenvalue weighted by Crippen LogP contribution is -2.52. The molecule has 1 aliphatic heterocycles. The lowest BCUT2D eigenvalue weighted by atomic mass is 9.96. The second-order valence-electron chi connectivity index (χ2n) is 6.76. The lowest BCUT2D eigenvalue weighted by molar-refractivity contribution is -0.151. The maximum Gasteiger partial charge on any atom is 0.326 e. The topological polar surface area (TPSA) is 41.6 Å². The van der Waals surface area contributed by atoms with Crippen LogP contribution in [-0.2, 0) is 9.53 Å². The van der Waals surface area contributed by atoms with E-state index in [4.69, 9.17) is 4.74 Å². The molecule has 114 valence electrons. The van der Waals surface area contributed by atoms with Gasteiger partial charge in [0.2, 0.25) is 0 Å². The van der Waals surface area contributed by atoms with Crippen molar-refractivity contribution in [2.45, 2.75) is 70.0 Å². The molecule has 1 N–H and O–H groups in total. The predicted molar refractivity (Wildman–Crippen MR) is 78.5 cm³/mol. The van der Waals surface area contributed by atoms with Gasteiger partial charge in [0, 0.05) is 18.6 Å². The summed E-state index contributed by atoms with van der Waals surface area (Å²) in [4.78, 5) is 15.1. The van der Waals surface area contributed by atoms with Gasteiger partial charge in [0.15, 0.2) is 0 Å². The van der Waals surface area contributed by atoms with Crippen LogP contribution in [0, 0.1) is 5.92 Å². The van der Waals surface area contributed by atoms with Gasteiger partial charge >= 0.3 is 5.97 Å². The van der Waals surface area contributed by atoms with Gasteiger partial charge in [-0.2, -0.15) is 0 Å². The number of nitrogens with one attached hydrogen (secondary N) is 1. The van der Waals surface area contributed by atoms with Crippen molar-refractivity contribution in [3.05, 3.63) is 0 Å². The zero-order valence-corrected chi connectivity index (χ0v) is 12.9. The molecule has 1 saturated heterocycles. The van der Waals surface area contributed by atoms with E-state index < -0.39 is 5.54 Å². The summed E-state index contributed by atoms with van der Waals surface area (Å²) >= 11 is 0. The highest BCUT2D eigenvalue weighted by atomic mass is 16.5. The van der Waals surface area contributed by atoms with Crippen molar-refractivity contribution in [1.82, 2.24) is 10.2 Å². The van der Waals surface area contributed by atoms with Crippen LogP contribution in [-0.4, -0.2) is 48.2 Å². The minimum atomic E-state index is -0.419. The number of esters is 1. The van der Waals surface area contributed by atoms with Crippen molar-refractivity contribution in [3.63, 3.8) is 0 Å². The van der Waals surface area contributed by atoms with E-state index in [0.29, 0.717) is 12.6 Å². The van der Waals surface area contributed by atoms with Gasteiger partial charge in [-0.15, -0.1) is 0 Å². The molecule has 2 aliphatic carbocycles. The monoisotopic (exact) mass is 280 g/mol. The minimum absolute atomic E-state index is 0.0336. The first-order valence-electron chi connectivity index (χ1n) is 8.36. The molecule has 0 amide bonds. The van der Waals surface area contributed by atoms with Crippen LogP contribution in [0.4, 0.5) is 0 Å². The predicted octanol–water partition coefficient (Wildman–Crippen LogP) is 1.93. The fourth-order valence-electron chi connectivity index (χ4n) is 4.74. The second kappa shape index (κ2) is 5.64. The molecule has 4 unspecified atom stereocenters. The van der Waals surface area contributed by atoms with Crippen molar-refractivity contribution < 1.29 is 9.53 Å². The normalized spacial score (nSPS) is 40.4. The molecule has 4 atom stereocenters. The van der Waals surface area contributed by atoms with Crippen LogP contribution in [0.3, 0.4) is 0 Å². The van der Waals surface area contributed by atoms with Crippen LogP contribution in [0.2, 0.25) is 0 Å². The van der Waals surface area contributed by atoms with E-state index in [1.54, 1.807) is 0 Å². The first kappa shape index (κ1) is 14.3. The molecule has 3 aliphatic rings. The summed E-state index contributed by atoms with van der Waals surface area (Å²) in [5, 5.41) is 3.44. The zero-order valence-electron chi connectivity index (χ0n) is 12.9. The highest BCUT2D eigenvalue weighted by molar-refractivity contribution is 5.81. The summed E-state index contributed by atoms with van der Waals surface area (Å²) in [7, 11) is 0. The Balaban J connectivity index is 1.67. The van der Waals surface area contributed by atoms with Crippen LogP contribution in [0.5, 0.6) is 0 Å². The average molecular weight is 280 g/mol. The fraction of sp³-hybridized carbons (Fsp3) is 0.938. The smallest absolute Gasteiger partial charge is 0.326 e. The molecule has 3 rings (SSSR count). The molecule has 2 bridgehead atoms. The highest BCUT2D eigenvalue weighted by Crippen LogP contribution is 2.43. The fourth-order valence-corrected chi connectivity index (χ4v) is 4.74. The Bertz CT molecular complexity index is 373. The molecular formula is C16H28N2O2. The number of nitrogens with zero attached hydrogens (tertiary/aromatic N) is 1. The molecular weight excluding hydrogens is 252 g/mol. The standard InChI is InChI=1S/C16H28N2O2/c1-3-17-16(15(19)20-4-2)8-7-14(10-16)18-11-12-5-6-13(18)9-12/h12-14,17H,3-11H2,1-2H3. The van der Waals surface area contributed by atoms with Crippen molar-refractivity contribution in [3.8, 4) is 0 Å². The Labute approximate surface area is 122 Å². The highest BCUT2D eigenvalue weighted by Gasteiger charge is 2.50. The van der Waals surface area contributed by atoms with Crippen LogP contribution in [0.1, 0.15) is 52.4 Å². The minimum Gasteiger partial charge on any atom is -0.465 e. The van der Waals surface area contributed by atoms with Crippen LogP contribution in [0.25, 0.3) is 0 Å². The Morgan fingerprint density at radius 1 is 1.30 bits per heavy atom. The number of carbonyl (C=O) groups excluding carboxylic acids is 1. The first-order chi connectivity index (χ1) is 9.68. The molecule has 20 heavy (non-hydrogen) atoms. The Morgan fingerprint density at radius 3 is 2.75 bits per heavy atom. The number of hydrogen-bond acceptors (Lipinski definition) is 4. The Hall–Kier alpha value is -0.610. The molecule has 1 heterocycles. The molecule has 4 nitrogen and oxygen atoms in total. The zero-order chi connectivity index (χ0) is 14.2. The van der Waals surface area contributed by atoms with E-state index in [0.717, 1.165) is 37.8 Å². The van der Waals surface area contributed by atoms with Crippen LogP contribution in [0.15, 0.2) is 0 Å². The number of likely N-dealkylation sites (tertiary alicyclic amines) is 1. The molecule has 3 fully saturated rings. The van der Waals surface area contributed by atoms with Gasteiger partial charge in [-0.3, -0.25) is 9.69 Å². The summed E-state index contributed by atoms with van der Waals surface area (Å²) in [6.07, 6.45) is 7.18. The third-order valence-electron chi connectivity index (χ3n) is 5.59. The third-order valence-corrected chi connectivity index (χ3v) is 5.59. The van der Waals surface area contributed by atoms with Gasteiger partial charge < -0.3 is 10.1 Å². The van der Waals surface area contributed by atoms with Gasteiger partial charge in [0.05, 0.1) is 6.61 Å². The maximum absolute atomic E-state index is 12.4. The second-order valence-corrected chi connectivity index (χ2v) is 6.76. The van der Waals surface area contributed by atoms with E-state index in [2.05, 4.69) is 17.1 Å². The Kier molecular flexibility index (Phi) is 4.04. The molecule has 4 heteroatoms. The van der Waals surface area contributed by atoms with Crippen molar-refractivity contribution >= 4 is 5.97 Å².